The van der Waals surface area contributed by atoms with Gasteiger partial charge in [0.1, 0.15) is 18.1 Å². The number of piperidine rings is 1. The van der Waals surface area contributed by atoms with Crippen LogP contribution in [-0.2, 0) is 19.7 Å². The number of furan rings is 1. The smallest absolute Gasteiger partial charge is 0.129 e. The third kappa shape index (κ3) is 4.44. The Morgan fingerprint density at radius 3 is 2.65 bits per heavy atom. The van der Waals surface area contributed by atoms with Gasteiger partial charge in [-0.15, -0.1) is 0 Å². The summed E-state index contributed by atoms with van der Waals surface area (Å²) in [7, 11) is 0. The highest BCUT2D eigenvalue weighted by Gasteiger charge is 2.25. The van der Waals surface area contributed by atoms with Crippen LogP contribution in [0.15, 0.2) is 46.9 Å². The molecule has 0 amide bonds. The highest BCUT2D eigenvalue weighted by molar-refractivity contribution is 5.14. The van der Waals surface area contributed by atoms with E-state index in [-0.39, 0.29) is 6.61 Å². The molecule has 4 nitrogen and oxygen atoms in total. The third-order valence-electron chi connectivity index (χ3n) is 4.68. The first-order valence-corrected chi connectivity index (χ1v) is 8.44. The SMILES string of the molecule is CC1CC(NCc2ccc(CO)o2)CCN1Cc1ccccc1. The summed E-state index contributed by atoms with van der Waals surface area (Å²) >= 11 is 0. The Bertz CT molecular complexity index is 596. The molecule has 2 heterocycles. The van der Waals surface area contributed by atoms with Gasteiger partial charge in [0.05, 0.1) is 6.54 Å². The molecule has 2 aromatic rings. The Kier molecular flexibility index (Phi) is 5.49. The van der Waals surface area contributed by atoms with Gasteiger partial charge in [-0.05, 0) is 37.5 Å². The van der Waals surface area contributed by atoms with Crippen LogP contribution in [0.3, 0.4) is 0 Å². The zero-order valence-corrected chi connectivity index (χ0v) is 13.7. The fourth-order valence-electron chi connectivity index (χ4n) is 3.31. The van der Waals surface area contributed by atoms with Gasteiger partial charge in [-0.1, -0.05) is 30.3 Å². The van der Waals surface area contributed by atoms with Crippen molar-refractivity contribution in [1.29, 1.82) is 0 Å². The van der Waals surface area contributed by atoms with Gasteiger partial charge >= 0.3 is 0 Å². The van der Waals surface area contributed by atoms with Gasteiger partial charge in [-0.3, -0.25) is 4.90 Å². The largest absolute Gasteiger partial charge is 0.462 e. The molecular formula is C19H26N2O2. The number of likely N-dealkylation sites (tertiary alicyclic amines) is 1. The first-order chi connectivity index (χ1) is 11.2. The van der Waals surface area contributed by atoms with Crippen LogP contribution in [0, 0.1) is 0 Å². The van der Waals surface area contributed by atoms with Crippen LogP contribution < -0.4 is 5.32 Å². The molecule has 2 atom stereocenters. The lowest BCUT2D eigenvalue weighted by Crippen LogP contribution is -2.46. The number of hydrogen-bond acceptors (Lipinski definition) is 4. The molecule has 1 aromatic carbocycles. The number of rotatable bonds is 6. The molecule has 1 aliphatic heterocycles. The van der Waals surface area contributed by atoms with Gasteiger partial charge in [0, 0.05) is 25.2 Å². The Hall–Kier alpha value is -1.62. The molecule has 3 rings (SSSR count). The van der Waals surface area contributed by atoms with Crippen molar-refractivity contribution in [3.05, 3.63) is 59.5 Å². The van der Waals surface area contributed by atoms with Crippen LogP contribution in [0.2, 0.25) is 0 Å². The standard InChI is InChI=1S/C19H26N2O2/c1-15-11-17(20-12-18-7-8-19(14-22)23-18)9-10-21(15)13-16-5-3-2-4-6-16/h2-8,15,17,20,22H,9-14H2,1H3. The first-order valence-electron chi connectivity index (χ1n) is 8.44. The number of benzene rings is 1. The van der Waals surface area contributed by atoms with Crippen molar-refractivity contribution in [2.45, 2.75) is 51.5 Å². The summed E-state index contributed by atoms with van der Waals surface area (Å²) in [5, 5.41) is 12.6. The van der Waals surface area contributed by atoms with Crippen molar-refractivity contribution < 1.29 is 9.52 Å². The Balaban J connectivity index is 1.46. The van der Waals surface area contributed by atoms with Crippen molar-refractivity contribution in [3.8, 4) is 0 Å². The van der Waals surface area contributed by atoms with E-state index < -0.39 is 0 Å². The summed E-state index contributed by atoms with van der Waals surface area (Å²) in [4.78, 5) is 2.56. The van der Waals surface area contributed by atoms with Gasteiger partial charge in [-0.25, -0.2) is 0 Å². The fourth-order valence-corrected chi connectivity index (χ4v) is 3.31. The van der Waals surface area contributed by atoms with Crippen LogP contribution in [0.5, 0.6) is 0 Å². The van der Waals surface area contributed by atoms with Gasteiger partial charge in [0.15, 0.2) is 0 Å². The second-order valence-electron chi connectivity index (χ2n) is 6.43. The van der Waals surface area contributed by atoms with Crippen LogP contribution >= 0.6 is 0 Å². The van der Waals surface area contributed by atoms with Gasteiger partial charge < -0.3 is 14.8 Å². The zero-order chi connectivity index (χ0) is 16.1. The maximum Gasteiger partial charge on any atom is 0.129 e. The fraction of sp³-hybridized carbons (Fsp3) is 0.474. The lowest BCUT2D eigenvalue weighted by atomic mass is 9.97. The molecule has 2 unspecified atom stereocenters. The topological polar surface area (TPSA) is 48.6 Å². The van der Waals surface area contributed by atoms with E-state index in [9.17, 15) is 0 Å². The summed E-state index contributed by atoms with van der Waals surface area (Å²) in [5.41, 5.74) is 1.39. The van der Waals surface area contributed by atoms with E-state index in [1.807, 2.05) is 12.1 Å². The first kappa shape index (κ1) is 16.2. The zero-order valence-electron chi connectivity index (χ0n) is 13.7. The lowest BCUT2D eigenvalue weighted by molar-refractivity contribution is 0.127. The summed E-state index contributed by atoms with van der Waals surface area (Å²) in [6, 6.07) is 15.6. The van der Waals surface area contributed by atoms with Crippen molar-refractivity contribution in [1.82, 2.24) is 10.2 Å². The number of hydrogen-bond donors (Lipinski definition) is 2. The van der Waals surface area contributed by atoms with Crippen LogP contribution in [0.1, 0.15) is 36.8 Å². The highest BCUT2D eigenvalue weighted by Crippen LogP contribution is 2.20. The van der Waals surface area contributed by atoms with Crippen molar-refractivity contribution in [2.75, 3.05) is 6.54 Å². The Morgan fingerprint density at radius 1 is 1.17 bits per heavy atom. The molecule has 0 aliphatic carbocycles. The minimum absolute atomic E-state index is 0.0328. The van der Waals surface area contributed by atoms with Gasteiger partial charge in [0.25, 0.3) is 0 Å². The van der Waals surface area contributed by atoms with Crippen LogP contribution in [-0.4, -0.2) is 28.6 Å². The lowest BCUT2D eigenvalue weighted by Gasteiger charge is -2.38. The molecule has 0 saturated carbocycles. The highest BCUT2D eigenvalue weighted by atomic mass is 16.4. The number of nitrogens with zero attached hydrogens (tertiary/aromatic N) is 1. The summed E-state index contributed by atoms with van der Waals surface area (Å²) in [6.07, 6.45) is 2.31. The predicted octanol–water partition coefficient (Wildman–Crippen LogP) is 2.91. The summed E-state index contributed by atoms with van der Waals surface area (Å²) < 4.78 is 5.53. The molecule has 0 bridgehead atoms. The number of nitrogens with one attached hydrogen (secondary N) is 1. The van der Waals surface area contributed by atoms with Crippen molar-refractivity contribution >= 4 is 0 Å². The number of aliphatic hydroxyl groups excluding tert-OH is 1. The molecule has 4 heteroatoms. The van der Waals surface area contributed by atoms with E-state index >= 15 is 0 Å². The molecular weight excluding hydrogens is 288 g/mol. The molecule has 0 radical (unpaired) electrons. The molecule has 0 spiro atoms. The maximum absolute atomic E-state index is 9.03. The molecule has 23 heavy (non-hydrogen) atoms. The second kappa shape index (κ2) is 7.77. The summed E-state index contributed by atoms with van der Waals surface area (Å²) in [5.74, 6) is 1.53. The van der Waals surface area contributed by atoms with E-state index in [2.05, 4.69) is 47.5 Å². The van der Waals surface area contributed by atoms with E-state index in [4.69, 9.17) is 9.52 Å². The molecule has 1 aromatic heterocycles. The predicted molar refractivity (Wildman–Crippen MR) is 90.8 cm³/mol. The average molecular weight is 314 g/mol. The average Bonchev–Trinajstić information content (AvgIpc) is 3.04. The molecule has 2 N–H and O–H groups in total. The van der Waals surface area contributed by atoms with Gasteiger partial charge in [-0.2, -0.15) is 0 Å². The molecule has 1 aliphatic rings. The van der Waals surface area contributed by atoms with E-state index in [1.54, 1.807) is 0 Å². The minimum atomic E-state index is -0.0328. The second-order valence-corrected chi connectivity index (χ2v) is 6.43. The number of aliphatic hydroxyl groups is 1. The summed E-state index contributed by atoms with van der Waals surface area (Å²) in [6.45, 7) is 5.17. The van der Waals surface area contributed by atoms with Crippen LogP contribution in [0.4, 0.5) is 0 Å². The van der Waals surface area contributed by atoms with Gasteiger partial charge in [0.2, 0.25) is 0 Å². The third-order valence-corrected chi connectivity index (χ3v) is 4.68. The Morgan fingerprint density at radius 2 is 1.96 bits per heavy atom. The van der Waals surface area contributed by atoms with Crippen molar-refractivity contribution in [2.24, 2.45) is 0 Å². The normalized spacial score (nSPS) is 22.3. The molecule has 1 fully saturated rings. The van der Waals surface area contributed by atoms with Crippen LogP contribution in [0.25, 0.3) is 0 Å². The van der Waals surface area contributed by atoms with E-state index in [0.29, 0.717) is 17.8 Å². The quantitative estimate of drug-likeness (QED) is 0.861. The minimum Gasteiger partial charge on any atom is -0.462 e. The Labute approximate surface area is 138 Å². The van der Waals surface area contributed by atoms with E-state index in [0.717, 1.165) is 38.2 Å². The monoisotopic (exact) mass is 314 g/mol. The molecule has 124 valence electrons. The maximum atomic E-state index is 9.03. The van der Waals surface area contributed by atoms with Crippen molar-refractivity contribution in [3.63, 3.8) is 0 Å². The van der Waals surface area contributed by atoms with E-state index in [1.165, 1.54) is 5.56 Å². The molecule has 1 saturated heterocycles.